The Bertz CT molecular complexity index is 978. The summed E-state index contributed by atoms with van der Waals surface area (Å²) in [6, 6.07) is 14.3. The third-order valence-corrected chi connectivity index (χ3v) is 6.26. The van der Waals surface area contributed by atoms with Crippen molar-refractivity contribution < 1.29 is 29.0 Å². The van der Waals surface area contributed by atoms with Crippen LogP contribution in [0.5, 0.6) is 0 Å². The largest absolute Gasteiger partial charge is 0.480 e. The van der Waals surface area contributed by atoms with Gasteiger partial charge in [-0.2, -0.15) is 0 Å². The molecule has 8 nitrogen and oxygen atoms in total. The number of carbonyl (C=O) groups excluding carboxylic acids is 2. The molecular formula is C25H30N2O6. The van der Waals surface area contributed by atoms with Crippen LogP contribution in [-0.4, -0.2) is 55.0 Å². The van der Waals surface area contributed by atoms with E-state index in [9.17, 15) is 19.5 Å². The Morgan fingerprint density at radius 2 is 1.48 bits per heavy atom. The van der Waals surface area contributed by atoms with E-state index in [-0.39, 0.29) is 12.5 Å². The van der Waals surface area contributed by atoms with Crippen LogP contribution >= 0.6 is 0 Å². The number of carbonyl (C=O) groups is 3. The van der Waals surface area contributed by atoms with Gasteiger partial charge in [-0.1, -0.05) is 55.5 Å². The average molecular weight is 455 g/mol. The van der Waals surface area contributed by atoms with Gasteiger partial charge in [0.25, 0.3) is 0 Å². The molecule has 2 amide bonds. The quantitative estimate of drug-likeness (QED) is 0.536. The molecule has 1 aliphatic rings. The fraction of sp³-hybridized carbons (Fsp3) is 0.400. The summed E-state index contributed by atoms with van der Waals surface area (Å²) in [6.07, 6.45) is -1.34. The van der Waals surface area contributed by atoms with E-state index in [2.05, 4.69) is 22.8 Å². The van der Waals surface area contributed by atoms with Crippen molar-refractivity contribution >= 4 is 18.0 Å². The Kier molecular flexibility index (Phi) is 7.71. The average Bonchev–Trinajstić information content (AvgIpc) is 3.13. The van der Waals surface area contributed by atoms with E-state index < -0.39 is 42.1 Å². The molecule has 8 heteroatoms. The predicted octanol–water partition coefficient (Wildman–Crippen LogP) is 3.15. The minimum absolute atomic E-state index is 0.0639. The molecule has 2 unspecified atom stereocenters. The summed E-state index contributed by atoms with van der Waals surface area (Å²) < 4.78 is 10.5. The lowest BCUT2D eigenvalue weighted by atomic mass is 9.98. The second-order valence-electron chi connectivity index (χ2n) is 8.31. The molecule has 1 aliphatic carbocycles. The van der Waals surface area contributed by atoms with Crippen molar-refractivity contribution in [2.24, 2.45) is 5.92 Å². The zero-order valence-corrected chi connectivity index (χ0v) is 19.2. The lowest BCUT2D eigenvalue weighted by Crippen LogP contribution is -2.52. The maximum Gasteiger partial charge on any atom is 0.407 e. The van der Waals surface area contributed by atoms with Gasteiger partial charge in [0.1, 0.15) is 6.61 Å². The SMILES string of the molecule is CO[C@H](C)[C@H](NC(=O)C(C)C(C)NC(=O)OCC1c2ccccc2-c2ccccc21)C(=O)O. The molecule has 0 aliphatic heterocycles. The molecule has 0 saturated carbocycles. The number of rotatable bonds is 9. The number of carboxylic acids is 1. The van der Waals surface area contributed by atoms with Crippen molar-refractivity contribution in [1.29, 1.82) is 0 Å². The molecular weight excluding hydrogens is 424 g/mol. The van der Waals surface area contributed by atoms with Crippen molar-refractivity contribution in [3.63, 3.8) is 0 Å². The Hall–Kier alpha value is -3.39. The van der Waals surface area contributed by atoms with Crippen LogP contribution in [0.3, 0.4) is 0 Å². The summed E-state index contributed by atoms with van der Waals surface area (Å²) in [5.41, 5.74) is 4.50. The topological polar surface area (TPSA) is 114 Å². The number of carboxylic acid groups (broad SMARTS) is 1. The Morgan fingerprint density at radius 1 is 0.939 bits per heavy atom. The second kappa shape index (κ2) is 10.5. The molecule has 0 aromatic heterocycles. The van der Waals surface area contributed by atoms with Crippen molar-refractivity contribution in [1.82, 2.24) is 10.6 Å². The van der Waals surface area contributed by atoms with Crippen molar-refractivity contribution in [3.05, 3.63) is 59.7 Å². The maximum atomic E-state index is 12.5. The number of ether oxygens (including phenoxy) is 2. The monoisotopic (exact) mass is 454 g/mol. The number of benzene rings is 2. The van der Waals surface area contributed by atoms with Gasteiger partial charge in [-0.15, -0.1) is 0 Å². The second-order valence-corrected chi connectivity index (χ2v) is 8.31. The Balaban J connectivity index is 1.58. The molecule has 2 aromatic rings. The Morgan fingerprint density at radius 3 is 2.00 bits per heavy atom. The van der Waals surface area contributed by atoms with Crippen LogP contribution in [0.25, 0.3) is 11.1 Å². The minimum Gasteiger partial charge on any atom is -0.480 e. The van der Waals surface area contributed by atoms with Crippen LogP contribution in [0.1, 0.15) is 37.8 Å². The highest BCUT2D eigenvalue weighted by molar-refractivity contribution is 5.86. The third-order valence-electron chi connectivity index (χ3n) is 6.26. The highest BCUT2D eigenvalue weighted by Gasteiger charge is 2.32. The molecule has 0 saturated heterocycles. The molecule has 0 radical (unpaired) electrons. The molecule has 0 spiro atoms. The summed E-state index contributed by atoms with van der Waals surface area (Å²) in [5, 5.41) is 14.5. The standard InChI is InChI=1S/C25H30N2O6/c1-14(23(28)27-22(24(29)30)16(3)32-4)15(2)26-25(31)33-13-21-19-11-7-5-9-17(19)18-10-6-8-12-20(18)21/h5-12,14-16,21-22H,13H2,1-4H3,(H,26,31)(H,27,28)(H,29,30)/t14?,15?,16-,22+/m1/s1. The fourth-order valence-electron chi connectivity index (χ4n) is 3.98. The van der Waals surface area contributed by atoms with Crippen molar-refractivity contribution in [3.8, 4) is 11.1 Å². The number of nitrogens with one attached hydrogen (secondary N) is 2. The van der Waals surface area contributed by atoms with Crippen LogP contribution in [0.15, 0.2) is 48.5 Å². The third kappa shape index (κ3) is 5.34. The predicted molar refractivity (Wildman–Crippen MR) is 123 cm³/mol. The first kappa shape index (κ1) is 24.3. The van der Waals surface area contributed by atoms with Gasteiger partial charge in [0, 0.05) is 19.1 Å². The zero-order chi connectivity index (χ0) is 24.1. The lowest BCUT2D eigenvalue weighted by molar-refractivity contribution is -0.146. The van der Waals surface area contributed by atoms with Crippen LogP contribution in [0.4, 0.5) is 4.79 Å². The van der Waals surface area contributed by atoms with Crippen LogP contribution < -0.4 is 10.6 Å². The lowest BCUT2D eigenvalue weighted by Gasteiger charge is -2.25. The molecule has 0 heterocycles. The molecule has 33 heavy (non-hydrogen) atoms. The number of methoxy groups -OCH3 is 1. The van der Waals surface area contributed by atoms with E-state index in [4.69, 9.17) is 9.47 Å². The summed E-state index contributed by atoms with van der Waals surface area (Å²) in [5.74, 6) is -2.44. The van der Waals surface area contributed by atoms with Crippen LogP contribution in [0.2, 0.25) is 0 Å². The molecule has 0 bridgehead atoms. The van der Waals surface area contributed by atoms with Crippen LogP contribution in [-0.2, 0) is 19.1 Å². The van der Waals surface area contributed by atoms with E-state index in [0.717, 1.165) is 22.3 Å². The smallest absolute Gasteiger partial charge is 0.407 e. The summed E-state index contributed by atoms with van der Waals surface area (Å²) in [6.45, 7) is 5.00. The summed E-state index contributed by atoms with van der Waals surface area (Å²) in [7, 11) is 1.37. The van der Waals surface area contributed by atoms with E-state index >= 15 is 0 Å². The molecule has 3 rings (SSSR count). The minimum atomic E-state index is -1.19. The highest BCUT2D eigenvalue weighted by Crippen LogP contribution is 2.44. The van der Waals surface area contributed by atoms with E-state index in [1.54, 1.807) is 20.8 Å². The van der Waals surface area contributed by atoms with Gasteiger partial charge in [0.2, 0.25) is 5.91 Å². The van der Waals surface area contributed by atoms with Crippen molar-refractivity contribution in [2.45, 2.75) is 44.9 Å². The molecule has 2 aromatic carbocycles. The van der Waals surface area contributed by atoms with Gasteiger partial charge in [-0.05, 0) is 36.1 Å². The highest BCUT2D eigenvalue weighted by atomic mass is 16.5. The first-order valence-corrected chi connectivity index (χ1v) is 10.9. The van der Waals surface area contributed by atoms with Gasteiger partial charge in [-0.25, -0.2) is 9.59 Å². The number of aliphatic carboxylic acids is 1. The Labute approximate surface area is 193 Å². The summed E-state index contributed by atoms with van der Waals surface area (Å²) >= 11 is 0. The zero-order valence-electron chi connectivity index (χ0n) is 19.2. The van der Waals surface area contributed by atoms with E-state index in [0.29, 0.717) is 0 Å². The molecule has 176 valence electrons. The fourth-order valence-corrected chi connectivity index (χ4v) is 3.98. The van der Waals surface area contributed by atoms with Gasteiger partial charge in [0.05, 0.1) is 12.0 Å². The normalized spacial score (nSPS) is 16.0. The number of hydrogen-bond donors (Lipinski definition) is 3. The van der Waals surface area contributed by atoms with E-state index in [1.807, 2.05) is 36.4 Å². The first-order chi connectivity index (χ1) is 15.7. The van der Waals surface area contributed by atoms with Gasteiger partial charge in [0.15, 0.2) is 6.04 Å². The molecule has 3 N–H and O–H groups in total. The van der Waals surface area contributed by atoms with Gasteiger partial charge < -0.3 is 25.2 Å². The van der Waals surface area contributed by atoms with Crippen molar-refractivity contribution in [2.75, 3.05) is 13.7 Å². The first-order valence-electron chi connectivity index (χ1n) is 10.9. The number of hydrogen-bond acceptors (Lipinski definition) is 5. The van der Waals surface area contributed by atoms with Crippen LogP contribution in [0, 0.1) is 5.92 Å². The molecule has 0 fully saturated rings. The summed E-state index contributed by atoms with van der Waals surface area (Å²) in [4.78, 5) is 36.4. The number of alkyl carbamates (subject to hydrolysis) is 1. The van der Waals surface area contributed by atoms with Gasteiger partial charge in [-0.3, -0.25) is 4.79 Å². The van der Waals surface area contributed by atoms with E-state index in [1.165, 1.54) is 7.11 Å². The number of fused-ring (bicyclic) bond motifs is 3. The van der Waals surface area contributed by atoms with Gasteiger partial charge >= 0.3 is 12.1 Å². The molecule has 4 atom stereocenters. The number of amides is 2. The maximum absolute atomic E-state index is 12.5.